The average Bonchev–Trinajstić information content (AvgIpc) is 2.61. The Morgan fingerprint density at radius 2 is 1.83 bits per heavy atom. The average molecular weight is 332 g/mol. The number of nitrogens with one attached hydrogen (secondary N) is 1. The van der Waals surface area contributed by atoms with Crippen molar-refractivity contribution in [3.05, 3.63) is 29.8 Å². The lowest BCUT2D eigenvalue weighted by Crippen LogP contribution is -2.29. The van der Waals surface area contributed by atoms with Gasteiger partial charge in [0.05, 0.1) is 0 Å². The Bertz CT molecular complexity index is 480. The number of anilines is 1. The molecule has 1 aliphatic heterocycles. The highest BCUT2D eigenvalue weighted by Crippen LogP contribution is 2.15. The Labute approximate surface area is 147 Å². The third-order valence-corrected chi connectivity index (χ3v) is 4.71. The van der Waals surface area contributed by atoms with Crippen LogP contribution in [-0.2, 0) is 11.3 Å². The van der Waals surface area contributed by atoms with Crippen LogP contribution in [-0.4, -0.2) is 48.9 Å². The predicted octanol–water partition coefficient (Wildman–Crippen LogP) is 3.73. The van der Waals surface area contributed by atoms with Crippen LogP contribution >= 0.6 is 0 Å². The Morgan fingerprint density at radius 1 is 1.12 bits per heavy atom. The standard InChI is InChI=1S/C20H33N3O/c1-3-4-13-22(2)16-12-20(24)21-19-10-8-18(9-11-19)17-23-14-6-5-7-15-23/h8-11H,3-7,12-17H2,1-2H3,(H,21,24). The minimum Gasteiger partial charge on any atom is -0.326 e. The number of likely N-dealkylation sites (tertiary alicyclic amines) is 1. The van der Waals surface area contributed by atoms with Crippen molar-refractivity contribution in [2.45, 2.75) is 52.0 Å². The monoisotopic (exact) mass is 331 g/mol. The maximum absolute atomic E-state index is 12.0. The van der Waals surface area contributed by atoms with Gasteiger partial charge in [-0.15, -0.1) is 0 Å². The molecule has 4 nitrogen and oxygen atoms in total. The van der Waals surface area contributed by atoms with E-state index in [1.165, 1.54) is 50.8 Å². The largest absolute Gasteiger partial charge is 0.326 e. The van der Waals surface area contributed by atoms with E-state index >= 15 is 0 Å². The molecule has 1 aromatic carbocycles. The van der Waals surface area contributed by atoms with Gasteiger partial charge >= 0.3 is 0 Å². The lowest BCUT2D eigenvalue weighted by Gasteiger charge is -2.26. The van der Waals surface area contributed by atoms with Gasteiger partial charge in [-0.2, -0.15) is 0 Å². The summed E-state index contributed by atoms with van der Waals surface area (Å²) in [6.45, 7) is 7.52. The van der Waals surface area contributed by atoms with Crippen LogP contribution in [0.3, 0.4) is 0 Å². The molecule has 1 aliphatic rings. The van der Waals surface area contributed by atoms with Crippen LogP contribution < -0.4 is 5.32 Å². The number of hydrogen-bond donors (Lipinski definition) is 1. The van der Waals surface area contributed by atoms with E-state index in [1.807, 2.05) is 12.1 Å². The molecule has 1 fully saturated rings. The van der Waals surface area contributed by atoms with Gasteiger partial charge in [0.15, 0.2) is 0 Å². The van der Waals surface area contributed by atoms with Crippen LogP contribution in [0.1, 0.15) is 51.0 Å². The van der Waals surface area contributed by atoms with Gasteiger partial charge in [0, 0.05) is 25.2 Å². The molecule has 134 valence electrons. The summed E-state index contributed by atoms with van der Waals surface area (Å²) in [6, 6.07) is 8.32. The van der Waals surface area contributed by atoms with Crippen LogP contribution in [0.2, 0.25) is 0 Å². The molecule has 2 rings (SSSR count). The van der Waals surface area contributed by atoms with E-state index in [-0.39, 0.29) is 5.91 Å². The second-order valence-corrected chi connectivity index (χ2v) is 6.99. The number of hydrogen-bond acceptors (Lipinski definition) is 3. The molecule has 0 bridgehead atoms. The van der Waals surface area contributed by atoms with Crippen molar-refractivity contribution < 1.29 is 4.79 Å². The number of benzene rings is 1. The lowest BCUT2D eigenvalue weighted by molar-refractivity contribution is -0.116. The highest BCUT2D eigenvalue weighted by Gasteiger charge is 2.10. The van der Waals surface area contributed by atoms with E-state index in [0.717, 1.165) is 25.3 Å². The zero-order chi connectivity index (χ0) is 17.2. The van der Waals surface area contributed by atoms with Gasteiger partial charge < -0.3 is 10.2 Å². The molecular weight excluding hydrogens is 298 g/mol. The summed E-state index contributed by atoms with van der Waals surface area (Å²) in [5.74, 6) is 0.0992. The molecule has 0 aromatic heterocycles. The number of carbonyl (C=O) groups excluding carboxylic acids is 1. The Balaban J connectivity index is 1.71. The molecule has 0 saturated carbocycles. The summed E-state index contributed by atoms with van der Waals surface area (Å²) < 4.78 is 0. The first-order chi connectivity index (χ1) is 11.7. The SMILES string of the molecule is CCCCN(C)CCC(=O)Nc1ccc(CN2CCCCC2)cc1. The van der Waals surface area contributed by atoms with Gasteiger partial charge in [-0.3, -0.25) is 9.69 Å². The van der Waals surface area contributed by atoms with Crippen LogP contribution in [0, 0.1) is 0 Å². The normalized spacial score (nSPS) is 15.6. The van der Waals surface area contributed by atoms with E-state index in [4.69, 9.17) is 0 Å². The van der Waals surface area contributed by atoms with E-state index in [2.05, 4.69) is 41.2 Å². The van der Waals surface area contributed by atoms with Crippen molar-refractivity contribution in [2.24, 2.45) is 0 Å². The van der Waals surface area contributed by atoms with Gasteiger partial charge in [-0.1, -0.05) is 31.9 Å². The molecule has 24 heavy (non-hydrogen) atoms. The number of amides is 1. The molecule has 0 unspecified atom stereocenters. The fourth-order valence-corrected chi connectivity index (χ4v) is 3.12. The summed E-state index contributed by atoms with van der Waals surface area (Å²) >= 11 is 0. The molecule has 1 saturated heterocycles. The first kappa shape index (κ1) is 18.9. The predicted molar refractivity (Wildman–Crippen MR) is 101 cm³/mol. The molecule has 0 spiro atoms. The van der Waals surface area contributed by atoms with Crippen molar-refractivity contribution in [3.8, 4) is 0 Å². The van der Waals surface area contributed by atoms with E-state index < -0.39 is 0 Å². The first-order valence-corrected chi connectivity index (χ1v) is 9.47. The second-order valence-electron chi connectivity index (χ2n) is 6.99. The third-order valence-electron chi connectivity index (χ3n) is 4.71. The fourth-order valence-electron chi connectivity index (χ4n) is 3.12. The minimum absolute atomic E-state index is 0.0992. The molecule has 1 N–H and O–H groups in total. The quantitative estimate of drug-likeness (QED) is 0.749. The van der Waals surface area contributed by atoms with E-state index in [1.54, 1.807) is 0 Å². The topological polar surface area (TPSA) is 35.6 Å². The number of piperidine rings is 1. The molecule has 1 amide bonds. The summed E-state index contributed by atoms with van der Waals surface area (Å²) in [4.78, 5) is 16.8. The summed E-state index contributed by atoms with van der Waals surface area (Å²) in [6.07, 6.45) is 6.95. The van der Waals surface area contributed by atoms with Gasteiger partial charge in [-0.05, 0) is 63.6 Å². The summed E-state index contributed by atoms with van der Waals surface area (Å²) in [7, 11) is 2.08. The second kappa shape index (κ2) is 10.5. The molecule has 0 radical (unpaired) electrons. The van der Waals surface area contributed by atoms with Crippen LogP contribution in [0.4, 0.5) is 5.69 Å². The van der Waals surface area contributed by atoms with Crippen molar-refractivity contribution >= 4 is 11.6 Å². The van der Waals surface area contributed by atoms with Gasteiger partial charge in [0.25, 0.3) is 0 Å². The highest BCUT2D eigenvalue weighted by molar-refractivity contribution is 5.90. The Kier molecular flexibility index (Phi) is 8.26. The maximum atomic E-state index is 12.0. The lowest BCUT2D eigenvalue weighted by atomic mass is 10.1. The smallest absolute Gasteiger partial charge is 0.225 e. The van der Waals surface area contributed by atoms with Crippen LogP contribution in [0.25, 0.3) is 0 Å². The molecule has 1 heterocycles. The van der Waals surface area contributed by atoms with Crippen molar-refractivity contribution in [3.63, 3.8) is 0 Å². The maximum Gasteiger partial charge on any atom is 0.225 e. The molecule has 4 heteroatoms. The van der Waals surface area contributed by atoms with Gasteiger partial charge in [-0.25, -0.2) is 0 Å². The molecule has 1 aromatic rings. The molecule has 0 aliphatic carbocycles. The van der Waals surface area contributed by atoms with Gasteiger partial charge in [0.2, 0.25) is 5.91 Å². The minimum atomic E-state index is 0.0992. The molecular formula is C20H33N3O. The number of unbranched alkanes of at least 4 members (excludes halogenated alkanes) is 1. The zero-order valence-electron chi connectivity index (χ0n) is 15.4. The van der Waals surface area contributed by atoms with Crippen molar-refractivity contribution in [2.75, 3.05) is 38.5 Å². The van der Waals surface area contributed by atoms with Gasteiger partial charge in [0.1, 0.15) is 0 Å². The van der Waals surface area contributed by atoms with Crippen LogP contribution in [0.5, 0.6) is 0 Å². The highest BCUT2D eigenvalue weighted by atomic mass is 16.1. The zero-order valence-corrected chi connectivity index (χ0v) is 15.4. The first-order valence-electron chi connectivity index (χ1n) is 9.47. The Morgan fingerprint density at radius 3 is 2.50 bits per heavy atom. The molecule has 0 atom stereocenters. The summed E-state index contributed by atoms with van der Waals surface area (Å²) in [5, 5.41) is 3.01. The number of carbonyl (C=O) groups is 1. The van der Waals surface area contributed by atoms with E-state index in [0.29, 0.717) is 6.42 Å². The van der Waals surface area contributed by atoms with E-state index in [9.17, 15) is 4.79 Å². The third kappa shape index (κ3) is 7.02. The number of nitrogens with zero attached hydrogens (tertiary/aromatic N) is 2. The fraction of sp³-hybridized carbons (Fsp3) is 0.650. The summed E-state index contributed by atoms with van der Waals surface area (Å²) in [5.41, 5.74) is 2.23. The number of rotatable bonds is 9. The Hall–Kier alpha value is -1.39. The van der Waals surface area contributed by atoms with Crippen molar-refractivity contribution in [1.29, 1.82) is 0 Å². The van der Waals surface area contributed by atoms with Crippen LogP contribution in [0.15, 0.2) is 24.3 Å². The van der Waals surface area contributed by atoms with Crippen molar-refractivity contribution in [1.82, 2.24) is 9.80 Å².